The first-order chi connectivity index (χ1) is 10.9. The van der Waals surface area contributed by atoms with E-state index in [-0.39, 0.29) is 34.3 Å². The fraction of sp³-hybridized carbons (Fsp3) is 0.231. The number of anilines is 1. The smallest absolute Gasteiger partial charge is 0.240 e. The molecule has 1 aliphatic heterocycles. The van der Waals surface area contributed by atoms with E-state index in [2.05, 4.69) is 21.2 Å². The summed E-state index contributed by atoms with van der Waals surface area (Å²) in [5.74, 6) is -1.10. The van der Waals surface area contributed by atoms with E-state index in [1.807, 2.05) is 0 Å². The van der Waals surface area contributed by atoms with Crippen LogP contribution >= 0.6 is 35.0 Å². The van der Waals surface area contributed by atoms with Crippen LogP contribution < -0.4 is 16.1 Å². The van der Waals surface area contributed by atoms with Crippen LogP contribution in [0.2, 0.25) is 10.0 Å². The van der Waals surface area contributed by atoms with Gasteiger partial charge in [-0.15, -0.1) is 5.10 Å². The van der Waals surface area contributed by atoms with Gasteiger partial charge in [-0.05, 0) is 12.1 Å². The van der Waals surface area contributed by atoms with E-state index in [0.717, 1.165) is 11.8 Å². The number of carbonyl (C=O) groups is 3. The molecule has 1 saturated heterocycles. The van der Waals surface area contributed by atoms with Gasteiger partial charge in [-0.25, -0.2) is 5.43 Å². The van der Waals surface area contributed by atoms with Gasteiger partial charge in [-0.2, -0.15) is 0 Å². The Balaban J connectivity index is 1.95. The topological polar surface area (TPSA) is 99.7 Å². The minimum atomic E-state index is -0.638. The Hall–Kier alpha value is -1.77. The van der Waals surface area contributed by atoms with Gasteiger partial charge in [0.2, 0.25) is 17.7 Å². The minimum absolute atomic E-state index is 0.0710. The predicted molar refractivity (Wildman–Crippen MR) is 90.5 cm³/mol. The second-order valence-corrected chi connectivity index (χ2v) is 6.51. The molecule has 0 aliphatic carbocycles. The maximum atomic E-state index is 12.0. The number of amidine groups is 1. The molecule has 122 valence electrons. The highest BCUT2D eigenvalue weighted by Crippen LogP contribution is 2.30. The molecule has 1 heterocycles. The Bertz CT molecular complexity index is 696. The number of hydrazone groups is 1. The number of nitrogens with zero attached hydrogens (tertiary/aromatic N) is 1. The normalized spacial score (nSPS) is 18.7. The molecule has 10 heteroatoms. The minimum Gasteiger partial charge on any atom is -0.325 e. The number of thioether (sulfide) groups is 1. The highest BCUT2D eigenvalue weighted by molar-refractivity contribution is 8.15. The van der Waals surface area contributed by atoms with Crippen LogP contribution in [-0.4, -0.2) is 28.1 Å². The third-order valence-electron chi connectivity index (χ3n) is 2.69. The van der Waals surface area contributed by atoms with Crippen LogP contribution in [0.5, 0.6) is 0 Å². The molecule has 0 aromatic heterocycles. The zero-order chi connectivity index (χ0) is 17.0. The number of amides is 3. The number of carbonyl (C=O) groups excluding carboxylic acids is 3. The first-order valence-corrected chi connectivity index (χ1v) is 8.06. The lowest BCUT2D eigenvalue weighted by Crippen LogP contribution is -2.29. The number of rotatable bonds is 4. The molecule has 1 aliphatic rings. The second-order valence-electron chi connectivity index (χ2n) is 4.53. The van der Waals surface area contributed by atoms with Crippen LogP contribution in [0.1, 0.15) is 13.3 Å². The Morgan fingerprint density at radius 2 is 2.13 bits per heavy atom. The van der Waals surface area contributed by atoms with Gasteiger partial charge in [0.25, 0.3) is 0 Å². The van der Waals surface area contributed by atoms with Gasteiger partial charge in [-0.3, -0.25) is 14.4 Å². The molecule has 0 radical (unpaired) electrons. The Morgan fingerprint density at radius 3 is 2.83 bits per heavy atom. The lowest BCUT2D eigenvalue weighted by atomic mass is 10.2. The summed E-state index contributed by atoms with van der Waals surface area (Å²) in [5, 5.41) is 8.96. The van der Waals surface area contributed by atoms with Gasteiger partial charge in [0.15, 0.2) is 5.17 Å². The van der Waals surface area contributed by atoms with Crippen LogP contribution in [0.25, 0.3) is 0 Å². The third-order valence-corrected chi connectivity index (χ3v) is 4.59. The molecule has 1 aromatic carbocycles. The summed E-state index contributed by atoms with van der Waals surface area (Å²) >= 11 is 12.9. The zero-order valence-corrected chi connectivity index (χ0v) is 14.2. The largest absolute Gasteiger partial charge is 0.325 e. The molecule has 1 atom stereocenters. The van der Waals surface area contributed by atoms with Crippen molar-refractivity contribution in [1.82, 2.24) is 10.7 Å². The maximum absolute atomic E-state index is 12.0. The number of hydrogen-bond acceptors (Lipinski definition) is 5. The summed E-state index contributed by atoms with van der Waals surface area (Å²) in [6.07, 6.45) is -0.0710. The monoisotopic (exact) mass is 374 g/mol. The number of nitrogens with one attached hydrogen (secondary N) is 3. The van der Waals surface area contributed by atoms with Gasteiger partial charge in [0.1, 0.15) is 5.25 Å². The van der Waals surface area contributed by atoms with Crippen molar-refractivity contribution in [2.24, 2.45) is 5.10 Å². The van der Waals surface area contributed by atoms with Crippen molar-refractivity contribution in [2.75, 3.05) is 5.32 Å². The highest BCUT2D eigenvalue weighted by atomic mass is 35.5. The van der Waals surface area contributed by atoms with Gasteiger partial charge < -0.3 is 10.6 Å². The number of halogens is 2. The molecule has 7 nitrogen and oxygen atoms in total. The van der Waals surface area contributed by atoms with Gasteiger partial charge in [0, 0.05) is 13.3 Å². The van der Waals surface area contributed by atoms with Crippen molar-refractivity contribution in [2.45, 2.75) is 18.6 Å². The second kappa shape index (κ2) is 7.67. The zero-order valence-electron chi connectivity index (χ0n) is 11.9. The summed E-state index contributed by atoms with van der Waals surface area (Å²) in [4.78, 5) is 34.6. The molecule has 0 unspecified atom stereocenters. The first kappa shape index (κ1) is 17.6. The van der Waals surface area contributed by atoms with Crippen LogP contribution in [0.15, 0.2) is 23.3 Å². The van der Waals surface area contributed by atoms with Crippen LogP contribution in [-0.2, 0) is 14.4 Å². The molecule has 3 amide bonds. The fourth-order valence-electron chi connectivity index (χ4n) is 1.69. The third kappa shape index (κ3) is 4.85. The summed E-state index contributed by atoms with van der Waals surface area (Å²) < 4.78 is 0. The quantitative estimate of drug-likeness (QED) is 0.701. The van der Waals surface area contributed by atoms with Crippen molar-refractivity contribution in [3.63, 3.8) is 0 Å². The summed E-state index contributed by atoms with van der Waals surface area (Å²) in [5.41, 5.74) is 2.59. The molecule has 0 bridgehead atoms. The molecule has 1 aromatic rings. The van der Waals surface area contributed by atoms with Crippen molar-refractivity contribution in [3.05, 3.63) is 28.2 Å². The number of benzene rings is 1. The van der Waals surface area contributed by atoms with Gasteiger partial charge in [0.05, 0.1) is 15.7 Å². The van der Waals surface area contributed by atoms with Gasteiger partial charge >= 0.3 is 0 Å². The van der Waals surface area contributed by atoms with E-state index in [9.17, 15) is 14.4 Å². The molecular weight excluding hydrogens is 363 g/mol. The molecular formula is C13H12Cl2N4O3S. The van der Waals surface area contributed by atoms with Crippen LogP contribution in [0.4, 0.5) is 5.69 Å². The van der Waals surface area contributed by atoms with E-state index < -0.39 is 5.25 Å². The fourth-order valence-corrected chi connectivity index (χ4v) is 2.97. The van der Waals surface area contributed by atoms with E-state index in [4.69, 9.17) is 23.2 Å². The van der Waals surface area contributed by atoms with E-state index in [1.54, 1.807) is 18.2 Å². The van der Waals surface area contributed by atoms with E-state index >= 15 is 0 Å². The van der Waals surface area contributed by atoms with E-state index in [0.29, 0.717) is 10.7 Å². The van der Waals surface area contributed by atoms with Crippen LogP contribution in [0.3, 0.4) is 0 Å². The van der Waals surface area contributed by atoms with Gasteiger partial charge in [-0.1, -0.05) is 41.0 Å². The SMILES string of the molecule is CC(=O)N/N=C1\NC(=O)[C@H](CC(=O)Nc2cccc(Cl)c2Cl)S1. The molecule has 2 rings (SSSR count). The summed E-state index contributed by atoms with van der Waals surface area (Å²) in [7, 11) is 0. The standard InChI is InChI=1S/C13H12Cl2N4O3S/c1-6(20)18-19-13-17-12(22)9(23-13)5-10(21)16-8-4-2-3-7(14)11(8)15/h2-4,9H,5H2,1H3,(H,16,21)(H,18,20)(H,17,19,22)/t9-/m0/s1. The van der Waals surface area contributed by atoms with Crippen LogP contribution in [0, 0.1) is 0 Å². The lowest BCUT2D eigenvalue weighted by Gasteiger charge is -2.09. The van der Waals surface area contributed by atoms with Crippen molar-refractivity contribution < 1.29 is 14.4 Å². The van der Waals surface area contributed by atoms with Crippen molar-refractivity contribution >= 4 is 63.5 Å². The highest BCUT2D eigenvalue weighted by Gasteiger charge is 2.32. The molecule has 3 N–H and O–H groups in total. The average molecular weight is 375 g/mol. The predicted octanol–water partition coefficient (Wildman–Crippen LogP) is 1.96. The Kier molecular flexibility index (Phi) is 5.86. The summed E-state index contributed by atoms with van der Waals surface area (Å²) in [6.45, 7) is 1.30. The molecule has 1 fully saturated rings. The molecule has 0 spiro atoms. The Morgan fingerprint density at radius 1 is 1.39 bits per heavy atom. The molecule has 0 saturated carbocycles. The Labute approximate surface area is 146 Å². The first-order valence-electron chi connectivity index (χ1n) is 6.42. The maximum Gasteiger partial charge on any atom is 0.240 e. The number of hydrogen-bond donors (Lipinski definition) is 3. The van der Waals surface area contributed by atoms with E-state index in [1.165, 1.54) is 6.92 Å². The van der Waals surface area contributed by atoms with Crippen molar-refractivity contribution in [3.8, 4) is 0 Å². The lowest BCUT2D eigenvalue weighted by molar-refractivity contribution is -0.122. The van der Waals surface area contributed by atoms with Crippen molar-refractivity contribution in [1.29, 1.82) is 0 Å². The molecule has 23 heavy (non-hydrogen) atoms. The summed E-state index contributed by atoms with van der Waals surface area (Å²) in [6, 6.07) is 4.86. The average Bonchev–Trinajstić information content (AvgIpc) is 2.82.